The molecule has 0 atom stereocenters. The molecule has 88 valence electrons. The summed E-state index contributed by atoms with van der Waals surface area (Å²) in [5.74, 6) is 0.718. The van der Waals surface area contributed by atoms with Crippen LogP contribution in [0.3, 0.4) is 0 Å². The summed E-state index contributed by atoms with van der Waals surface area (Å²) in [6.07, 6.45) is 2.57. The number of hydrogen-bond acceptors (Lipinski definition) is 3. The second-order valence-corrected chi connectivity index (χ2v) is 4.44. The maximum atomic E-state index is 5.71. The number of para-hydroxylation sites is 1. The molecule has 1 aromatic heterocycles. The predicted octanol–water partition coefficient (Wildman–Crippen LogP) is 2.67. The molecule has 1 aliphatic heterocycles. The number of likely N-dealkylation sites (tertiary alicyclic amines) is 1. The van der Waals surface area contributed by atoms with E-state index in [1.165, 1.54) is 12.8 Å². The van der Waals surface area contributed by atoms with Gasteiger partial charge in [-0.15, -0.1) is 0 Å². The van der Waals surface area contributed by atoms with Crippen molar-refractivity contribution in [3.05, 3.63) is 36.4 Å². The van der Waals surface area contributed by atoms with Crippen LogP contribution in [0, 0.1) is 0 Å². The highest BCUT2D eigenvalue weighted by Crippen LogP contribution is 2.16. The van der Waals surface area contributed by atoms with Crippen molar-refractivity contribution < 1.29 is 4.74 Å². The molecule has 2 aromatic rings. The fraction of sp³-hybridized carbons (Fsp3) is 0.357. The fourth-order valence-electron chi connectivity index (χ4n) is 2.20. The first-order valence-corrected chi connectivity index (χ1v) is 6.13. The molecule has 3 heteroatoms. The first-order valence-electron chi connectivity index (χ1n) is 6.13. The van der Waals surface area contributed by atoms with Crippen molar-refractivity contribution in [2.24, 2.45) is 0 Å². The van der Waals surface area contributed by atoms with Crippen molar-refractivity contribution in [3.8, 4) is 5.88 Å². The highest BCUT2D eigenvalue weighted by molar-refractivity contribution is 5.78. The van der Waals surface area contributed by atoms with E-state index in [9.17, 15) is 0 Å². The molecule has 1 fully saturated rings. The van der Waals surface area contributed by atoms with Gasteiger partial charge in [0, 0.05) is 24.5 Å². The van der Waals surface area contributed by atoms with Crippen molar-refractivity contribution in [2.45, 2.75) is 12.8 Å². The minimum Gasteiger partial charge on any atom is -0.461 e. The molecular formula is C14H16N2O. The number of aromatic nitrogens is 1. The Labute approximate surface area is 101 Å². The van der Waals surface area contributed by atoms with E-state index >= 15 is 0 Å². The van der Waals surface area contributed by atoms with E-state index in [1.807, 2.05) is 24.3 Å². The average molecular weight is 228 g/mol. The monoisotopic (exact) mass is 228 g/mol. The molecule has 0 spiro atoms. The van der Waals surface area contributed by atoms with Gasteiger partial charge in [0.1, 0.15) is 6.73 Å². The Balaban J connectivity index is 1.72. The lowest BCUT2D eigenvalue weighted by molar-refractivity contribution is 0.147. The molecular weight excluding hydrogens is 212 g/mol. The predicted molar refractivity (Wildman–Crippen MR) is 68.0 cm³/mol. The standard InChI is InChI=1S/C14H16N2O/c1-2-6-13-12(5-1)7-8-14(15-13)17-11-16-9-3-4-10-16/h1-2,5-8H,3-4,9-11H2. The molecule has 2 heterocycles. The maximum absolute atomic E-state index is 5.71. The van der Waals surface area contributed by atoms with E-state index in [2.05, 4.69) is 22.0 Å². The lowest BCUT2D eigenvalue weighted by atomic mass is 10.2. The van der Waals surface area contributed by atoms with Crippen LogP contribution in [0.4, 0.5) is 0 Å². The first-order chi connectivity index (χ1) is 8.42. The van der Waals surface area contributed by atoms with Crippen LogP contribution in [-0.2, 0) is 0 Å². The van der Waals surface area contributed by atoms with Gasteiger partial charge in [0.05, 0.1) is 5.52 Å². The molecule has 1 aromatic carbocycles. The van der Waals surface area contributed by atoms with Crippen molar-refractivity contribution in [1.29, 1.82) is 0 Å². The van der Waals surface area contributed by atoms with Gasteiger partial charge >= 0.3 is 0 Å². The van der Waals surface area contributed by atoms with E-state index in [-0.39, 0.29) is 0 Å². The van der Waals surface area contributed by atoms with E-state index in [0.717, 1.165) is 29.9 Å². The molecule has 0 radical (unpaired) electrons. The zero-order valence-corrected chi connectivity index (χ0v) is 9.80. The van der Waals surface area contributed by atoms with Crippen molar-refractivity contribution in [3.63, 3.8) is 0 Å². The molecule has 1 aliphatic rings. The third-order valence-electron chi connectivity index (χ3n) is 3.17. The molecule has 3 rings (SSSR count). The zero-order valence-electron chi connectivity index (χ0n) is 9.80. The molecule has 0 unspecified atom stereocenters. The van der Waals surface area contributed by atoms with Crippen LogP contribution in [0.15, 0.2) is 36.4 Å². The van der Waals surface area contributed by atoms with Gasteiger partial charge in [-0.25, -0.2) is 4.98 Å². The van der Waals surface area contributed by atoms with Gasteiger partial charge in [-0.05, 0) is 25.0 Å². The minimum atomic E-state index is 0.658. The highest BCUT2D eigenvalue weighted by Gasteiger charge is 2.11. The van der Waals surface area contributed by atoms with Crippen LogP contribution in [-0.4, -0.2) is 29.7 Å². The normalized spacial score (nSPS) is 16.5. The van der Waals surface area contributed by atoms with Gasteiger partial charge in [0.2, 0.25) is 5.88 Å². The van der Waals surface area contributed by atoms with Gasteiger partial charge in [-0.3, -0.25) is 4.90 Å². The van der Waals surface area contributed by atoms with E-state index in [4.69, 9.17) is 4.74 Å². The number of ether oxygens (including phenoxy) is 1. The molecule has 0 aliphatic carbocycles. The van der Waals surface area contributed by atoms with Crippen LogP contribution in [0.25, 0.3) is 10.9 Å². The summed E-state index contributed by atoms with van der Waals surface area (Å²) in [4.78, 5) is 6.80. The smallest absolute Gasteiger partial charge is 0.215 e. The number of nitrogens with zero attached hydrogens (tertiary/aromatic N) is 2. The van der Waals surface area contributed by atoms with Crippen molar-refractivity contribution >= 4 is 10.9 Å². The summed E-state index contributed by atoms with van der Waals surface area (Å²) in [6.45, 7) is 2.95. The Morgan fingerprint density at radius 2 is 1.88 bits per heavy atom. The highest BCUT2D eigenvalue weighted by atomic mass is 16.5. The Morgan fingerprint density at radius 3 is 2.76 bits per heavy atom. The van der Waals surface area contributed by atoms with Gasteiger partial charge in [0.25, 0.3) is 0 Å². The molecule has 0 bridgehead atoms. The van der Waals surface area contributed by atoms with Gasteiger partial charge in [-0.1, -0.05) is 18.2 Å². The Bertz CT molecular complexity index is 506. The topological polar surface area (TPSA) is 25.4 Å². The zero-order chi connectivity index (χ0) is 11.5. The van der Waals surface area contributed by atoms with Crippen LogP contribution >= 0.6 is 0 Å². The Morgan fingerprint density at radius 1 is 1.06 bits per heavy atom. The number of fused-ring (bicyclic) bond motifs is 1. The Kier molecular flexibility index (Phi) is 2.92. The van der Waals surface area contributed by atoms with Gasteiger partial charge in [0.15, 0.2) is 0 Å². The number of rotatable bonds is 3. The summed E-state index contributed by atoms with van der Waals surface area (Å²) in [5.41, 5.74) is 0.992. The summed E-state index contributed by atoms with van der Waals surface area (Å²) >= 11 is 0. The lowest BCUT2D eigenvalue weighted by Crippen LogP contribution is -2.24. The molecule has 0 N–H and O–H groups in total. The van der Waals surface area contributed by atoms with Gasteiger partial charge < -0.3 is 4.74 Å². The Hall–Kier alpha value is -1.61. The second-order valence-electron chi connectivity index (χ2n) is 4.44. The second kappa shape index (κ2) is 4.72. The van der Waals surface area contributed by atoms with Crippen molar-refractivity contribution in [2.75, 3.05) is 19.8 Å². The summed E-state index contributed by atoms with van der Waals surface area (Å²) in [6, 6.07) is 12.1. The van der Waals surface area contributed by atoms with Crippen molar-refractivity contribution in [1.82, 2.24) is 9.88 Å². The third kappa shape index (κ3) is 2.39. The molecule has 17 heavy (non-hydrogen) atoms. The number of benzene rings is 1. The number of hydrogen-bond donors (Lipinski definition) is 0. The van der Waals surface area contributed by atoms with Crippen LogP contribution in [0.5, 0.6) is 5.88 Å². The largest absolute Gasteiger partial charge is 0.461 e. The number of pyridine rings is 1. The van der Waals surface area contributed by atoms with Crippen LogP contribution < -0.4 is 4.74 Å². The summed E-state index contributed by atoms with van der Waals surface area (Å²) < 4.78 is 5.71. The molecule has 0 amide bonds. The SMILES string of the molecule is c1ccc2nc(OCN3CCCC3)ccc2c1. The van der Waals surface area contributed by atoms with E-state index < -0.39 is 0 Å². The minimum absolute atomic E-state index is 0.658. The fourth-order valence-corrected chi connectivity index (χ4v) is 2.20. The summed E-state index contributed by atoms with van der Waals surface area (Å²) in [7, 11) is 0. The molecule has 1 saturated heterocycles. The lowest BCUT2D eigenvalue weighted by Gasteiger charge is -2.15. The summed E-state index contributed by atoms with van der Waals surface area (Å²) in [5, 5.41) is 1.15. The average Bonchev–Trinajstić information content (AvgIpc) is 2.89. The van der Waals surface area contributed by atoms with Crippen LogP contribution in [0.1, 0.15) is 12.8 Å². The first kappa shape index (κ1) is 10.5. The van der Waals surface area contributed by atoms with E-state index in [0.29, 0.717) is 6.73 Å². The molecule has 0 saturated carbocycles. The maximum Gasteiger partial charge on any atom is 0.215 e. The molecule has 3 nitrogen and oxygen atoms in total. The third-order valence-corrected chi connectivity index (χ3v) is 3.17. The van der Waals surface area contributed by atoms with Gasteiger partial charge in [-0.2, -0.15) is 0 Å². The van der Waals surface area contributed by atoms with E-state index in [1.54, 1.807) is 0 Å². The quantitative estimate of drug-likeness (QED) is 0.807. The van der Waals surface area contributed by atoms with Crippen LogP contribution in [0.2, 0.25) is 0 Å².